The van der Waals surface area contributed by atoms with Gasteiger partial charge in [0, 0.05) is 0 Å². The smallest absolute Gasteiger partial charge is 0.151 e. The van der Waals surface area contributed by atoms with E-state index in [4.69, 9.17) is 25.5 Å². The second-order valence-electron chi connectivity index (χ2n) is 2.36. The number of rotatable bonds is 5. The number of hydrogen-bond acceptors (Lipinski definition) is 6. The molecule has 0 amide bonds. The lowest BCUT2D eigenvalue weighted by molar-refractivity contribution is -0.136. The summed E-state index contributed by atoms with van der Waals surface area (Å²) in [6, 6.07) is 0. The summed E-state index contributed by atoms with van der Waals surface area (Å²) < 4.78 is 0. The highest BCUT2D eigenvalue weighted by molar-refractivity contribution is 5.56. The molecule has 0 aromatic heterocycles. The zero-order valence-corrected chi connectivity index (χ0v) is 6.74. The van der Waals surface area contributed by atoms with Crippen LogP contribution in [-0.4, -0.2) is 68.3 Å². The number of carbonyl (C=O) groups is 1. The monoisotopic (exact) mass is 198 g/mol. The molecule has 80 valence electrons. The van der Waals surface area contributed by atoms with Crippen LogP contribution < -0.4 is 0 Å². The van der Waals surface area contributed by atoms with Gasteiger partial charge in [-0.3, -0.25) is 0 Å². The lowest BCUT2D eigenvalue weighted by Gasteiger charge is -2.22. The van der Waals surface area contributed by atoms with Crippen LogP contribution in [0.25, 0.3) is 0 Å². The largest absolute Gasteiger partial charge is 0.412 e. The molecule has 0 saturated heterocycles. The summed E-state index contributed by atoms with van der Waals surface area (Å²) in [5, 5.41) is 43.5. The quantitative estimate of drug-likeness (QED) is 0.283. The summed E-state index contributed by atoms with van der Waals surface area (Å²) in [5.74, 6) is 0. The highest BCUT2D eigenvalue weighted by atomic mass is 16.4. The van der Waals surface area contributed by atoms with Gasteiger partial charge in [-0.15, -0.1) is 0 Å². The van der Waals surface area contributed by atoms with Crippen LogP contribution in [0.15, 0.2) is 0 Å². The number of carbonyl (C=O) groups excluding carboxylic acids is 1. The van der Waals surface area contributed by atoms with Crippen molar-refractivity contribution >= 4 is 6.29 Å². The zero-order valence-electron chi connectivity index (χ0n) is 6.74. The maximum atomic E-state index is 9.90. The third-order valence-electron chi connectivity index (χ3n) is 1.42. The Bertz CT molecular complexity index is 139. The van der Waals surface area contributed by atoms with Crippen molar-refractivity contribution in [2.45, 2.75) is 24.4 Å². The molecule has 0 aromatic rings. The third kappa shape index (κ3) is 4.27. The van der Waals surface area contributed by atoms with Crippen LogP contribution in [-0.2, 0) is 4.79 Å². The van der Waals surface area contributed by atoms with E-state index in [2.05, 4.69) is 0 Å². The Hall–Kier alpha value is -0.570. The molecule has 0 aliphatic carbocycles. The van der Waals surface area contributed by atoms with Crippen LogP contribution in [0.1, 0.15) is 0 Å². The van der Waals surface area contributed by atoms with E-state index in [1.807, 2.05) is 0 Å². The first-order chi connectivity index (χ1) is 5.54. The van der Waals surface area contributed by atoms with Gasteiger partial charge in [0.2, 0.25) is 0 Å². The van der Waals surface area contributed by atoms with Crippen molar-refractivity contribution in [3.63, 3.8) is 0 Å². The van der Waals surface area contributed by atoms with Gasteiger partial charge in [0.05, 0.1) is 6.61 Å². The number of aldehydes is 1. The molecule has 0 aliphatic heterocycles. The van der Waals surface area contributed by atoms with E-state index in [1.54, 1.807) is 0 Å². The highest BCUT2D eigenvalue weighted by Crippen LogP contribution is 2.02. The summed E-state index contributed by atoms with van der Waals surface area (Å²) in [6.07, 6.45) is -6.84. The highest BCUT2D eigenvalue weighted by Gasteiger charge is 2.29. The van der Waals surface area contributed by atoms with Crippen LogP contribution in [0.4, 0.5) is 0 Å². The fourth-order valence-electron chi connectivity index (χ4n) is 0.618. The Morgan fingerprint density at radius 3 is 1.85 bits per heavy atom. The third-order valence-corrected chi connectivity index (χ3v) is 1.42. The molecule has 0 bridgehead atoms. The first kappa shape index (κ1) is 14.9. The molecule has 0 unspecified atom stereocenters. The average Bonchev–Trinajstić information content (AvgIpc) is 2.12. The lowest BCUT2D eigenvalue weighted by atomic mass is 10.0. The second-order valence-corrected chi connectivity index (χ2v) is 2.36. The molecule has 13 heavy (non-hydrogen) atoms. The van der Waals surface area contributed by atoms with E-state index >= 15 is 0 Å². The Labute approximate surface area is 74.2 Å². The van der Waals surface area contributed by atoms with Crippen LogP contribution in [0, 0.1) is 0 Å². The van der Waals surface area contributed by atoms with E-state index < -0.39 is 31.0 Å². The molecule has 4 atom stereocenters. The number of hydrogen-bond donors (Lipinski definition) is 5. The van der Waals surface area contributed by atoms with Gasteiger partial charge in [-0.2, -0.15) is 0 Å². The molecule has 0 rings (SSSR count). The summed E-state index contributed by atoms with van der Waals surface area (Å²) in [5.41, 5.74) is 0. The zero-order chi connectivity index (χ0) is 9.72. The topological polar surface area (TPSA) is 150 Å². The van der Waals surface area contributed by atoms with Gasteiger partial charge in [0.1, 0.15) is 24.4 Å². The predicted molar refractivity (Wildman–Crippen MR) is 40.8 cm³/mol. The summed E-state index contributed by atoms with van der Waals surface area (Å²) in [7, 11) is 0. The minimum atomic E-state index is -1.79. The maximum Gasteiger partial charge on any atom is 0.151 e. The number of aliphatic hydroxyl groups is 5. The second kappa shape index (κ2) is 6.89. The Morgan fingerprint density at radius 1 is 1.08 bits per heavy atom. The molecule has 7 N–H and O–H groups in total. The van der Waals surface area contributed by atoms with Crippen molar-refractivity contribution in [3.05, 3.63) is 0 Å². The van der Waals surface area contributed by atoms with Crippen molar-refractivity contribution in [1.29, 1.82) is 0 Å². The molecule has 0 fully saturated rings. The van der Waals surface area contributed by atoms with Gasteiger partial charge in [-0.1, -0.05) is 0 Å². The molecule has 0 aliphatic rings. The van der Waals surface area contributed by atoms with E-state index in [9.17, 15) is 4.79 Å². The summed E-state index contributed by atoms with van der Waals surface area (Å²) in [6.45, 7) is -0.760. The van der Waals surface area contributed by atoms with Gasteiger partial charge < -0.3 is 35.8 Å². The van der Waals surface area contributed by atoms with Crippen molar-refractivity contribution in [2.75, 3.05) is 6.61 Å². The van der Waals surface area contributed by atoms with Crippen molar-refractivity contribution in [1.82, 2.24) is 0 Å². The van der Waals surface area contributed by atoms with Crippen LogP contribution in [0.5, 0.6) is 0 Å². The lowest BCUT2D eigenvalue weighted by Crippen LogP contribution is -2.46. The molecule has 0 aromatic carbocycles. The van der Waals surface area contributed by atoms with Crippen molar-refractivity contribution in [2.24, 2.45) is 0 Å². The molecule has 0 heterocycles. The fraction of sp³-hybridized carbons (Fsp3) is 0.833. The first-order valence-electron chi connectivity index (χ1n) is 3.33. The standard InChI is InChI=1S/C6H12O6.H2O/c7-1-3(9)5(11)6(12)4(10)2-8;/h1,3-6,8-12H,2H2;1H2/t3-,4+,5-,6-;/m0./s1. The van der Waals surface area contributed by atoms with Gasteiger partial charge in [-0.25, -0.2) is 0 Å². The molecule has 0 saturated carbocycles. The van der Waals surface area contributed by atoms with Crippen LogP contribution in [0.3, 0.4) is 0 Å². The fourth-order valence-corrected chi connectivity index (χ4v) is 0.618. The van der Waals surface area contributed by atoms with Gasteiger partial charge >= 0.3 is 0 Å². The maximum absolute atomic E-state index is 9.90. The Kier molecular flexibility index (Phi) is 7.92. The molecular formula is C6H14O7. The van der Waals surface area contributed by atoms with Crippen molar-refractivity contribution < 1.29 is 35.8 Å². The average molecular weight is 198 g/mol. The van der Waals surface area contributed by atoms with E-state index in [0.29, 0.717) is 0 Å². The van der Waals surface area contributed by atoms with E-state index in [-0.39, 0.29) is 11.8 Å². The van der Waals surface area contributed by atoms with Gasteiger partial charge in [0.25, 0.3) is 0 Å². The minimum Gasteiger partial charge on any atom is -0.412 e. The molecule has 7 heteroatoms. The molecule has 7 nitrogen and oxygen atoms in total. The van der Waals surface area contributed by atoms with E-state index in [0.717, 1.165) is 0 Å². The van der Waals surface area contributed by atoms with E-state index in [1.165, 1.54) is 0 Å². The summed E-state index contributed by atoms with van der Waals surface area (Å²) >= 11 is 0. The Balaban J connectivity index is 0. The van der Waals surface area contributed by atoms with Gasteiger partial charge in [-0.05, 0) is 0 Å². The normalized spacial score (nSPS) is 19.5. The first-order valence-corrected chi connectivity index (χ1v) is 3.33. The van der Waals surface area contributed by atoms with Gasteiger partial charge in [0.15, 0.2) is 6.29 Å². The number of aliphatic hydroxyl groups excluding tert-OH is 5. The van der Waals surface area contributed by atoms with Crippen LogP contribution >= 0.6 is 0 Å². The summed E-state index contributed by atoms with van der Waals surface area (Å²) in [4.78, 5) is 9.90. The Morgan fingerprint density at radius 2 is 1.54 bits per heavy atom. The SMILES string of the molecule is O.O=C[C@H](O)[C@H](O)[C@@H](O)[C@H](O)CO. The predicted octanol–water partition coefficient (Wildman–Crippen LogP) is -4.20. The minimum absolute atomic E-state index is 0. The van der Waals surface area contributed by atoms with Crippen LogP contribution in [0.2, 0.25) is 0 Å². The molecule has 0 spiro atoms. The molecular weight excluding hydrogens is 184 g/mol. The molecule has 0 radical (unpaired) electrons. The van der Waals surface area contributed by atoms with Crippen molar-refractivity contribution in [3.8, 4) is 0 Å².